The predicted octanol–water partition coefficient (Wildman–Crippen LogP) is 2.69. The monoisotopic (exact) mass is 321 g/mol. The van der Waals surface area contributed by atoms with Crippen LogP contribution in [0.1, 0.15) is 10.4 Å². The number of aromatic nitrogens is 1. The molecule has 5 nitrogen and oxygen atoms in total. The van der Waals surface area contributed by atoms with E-state index in [1.807, 2.05) is 0 Å². The van der Waals surface area contributed by atoms with Gasteiger partial charge in [0.2, 0.25) is 0 Å². The van der Waals surface area contributed by atoms with Crippen molar-refractivity contribution in [3.05, 3.63) is 46.7 Å². The summed E-state index contributed by atoms with van der Waals surface area (Å²) in [5.74, 6) is 0.144. The lowest BCUT2D eigenvalue weighted by Gasteiger charge is -2.09. The van der Waals surface area contributed by atoms with Gasteiger partial charge in [-0.2, -0.15) is 0 Å². The van der Waals surface area contributed by atoms with Gasteiger partial charge in [0, 0.05) is 22.0 Å². The van der Waals surface area contributed by atoms with E-state index in [1.165, 1.54) is 19.5 Å². The minimum absolute atomic E-state index is 0.277. The molecule has 19 heavy (non-hydrogen) atoms. The number of nitrogens with two attached hydrogens (primary N) is 1. The Morgan fingerprint density at radius 3 is 2.89 bits per heavy atom. The fourth-order valence-electron chi connectivity index (χ4n) is 1.55. The predicted molar refractivity (Wildman–Crippen MR) is 77.3 cm³/mol. The van der Waals surface area contributed by atoms with Crippen molar-refractivity contribution >= 4 is 33.2 Å². The minimum atomic E-state index is -0.277. The molecule has 0 saturated carbocycles. The molecule has 2 aromatic rings. The molecule has 3 N–H and O–H groups in total. The molecule has 2 rings (SSSR count). The number of amides is 1. The summed E-state index contributed by atoms with van der Waals surface area (Å²) in [5, 5.41) is 2.75. The van der Waals surface area contributed by atoms with Gasteiger partial charge in [0.15, 0.2) is 0 Å². The Kier molecular flexibility index (Phi) is 4.01. The average Bonchev–Trinajstić information content (AvgIpc) is 2.43. The molecule has 0 aliphatic heterocycles. The highest BCUT2D eigenvalue weighted by molar-refractivity contribution is 9.10. The number of ether oxygens (including phenoxy) is 1. The van der Waals surface area contributed by atoms with Crippen LogP contribution in [0.3, 0.4) is 0 Å². The number of nitrogens with zero attached hydrogens (tertiary/aromatic N) is 1. The van der Waals surface area contributed by atoms with Crippen molar-refractivity contribution < 1.29 is 9.53 Å². The van der Waals surface area contributed by atoms with Crippen molar-refractivity contribution in [3.8, 4) is 5.75 Å². The smallest absolute Gasteiger partial charge is 0.259 e. The van der Waals surface area contributed by atoms with E-state index < -0.39 is 0 Å². The zero-order chi connectivity index (χ0) is 13.8. The number of hydrogen-bond acceptors (Lipinski definition) is 4. The van der Waals surface area contributed by atoms with Crippen LogP contribution < -0.4 is 15.8 Å². The van der Waals surface area contributed by atoms with Gasteiger partial charge in [-0.3, -0.25) is 9.78 Å². The first-order valence-electron chi connectivity index (χ1n) is 5.46. The van der Waals surface area contributed by atoms with Crippen LogP contribution in [0, 0.1) is 0 Å². The lowest BCUT2D eigenvalue weighted by atomic mass is 10.2. The van der Waals surface area contributed by atoms with Crippen LogP contribution in [0.2, 0.25) is 0 Å². The van der Waals surface area contributed by atoms with Gasteiger partial charge in [0.1, 0.15) is 5.75 Å². The zero-order valence-electron chi connectivity index (χ0n) is 10.2. The minimum Gasteiger partial charge on any atom is -0.494 e. The fraction of sp³-hybridized carbons (Fsp3) is 0.0769. The van der Waals surface area contributed by atoms with Crippen LogP contribution in [0.15, 0.2) is 41.1 Å². The molecule has 0 unspecified atom stereocenters. The standard InChI is InChI=1S/C13H12BrN3O2/c1-19-12-7-16-5-4-9(12)13(18)17-8-2-3-10(14)11(15)6-8/h2-7H,15H2,1H3,(H,17,18). The number of benzene rings is 1. The summed E-state index contributed by atoms with van der Waals surface area (Å²) in [7, 11) is 1.49. The Bertz CT molecular complexity index is 617. The number of carbonyl (C=O) groups is 1. The molecule has 98 valence electrons. The maximum Gasteiger partial charge on any atom is 0.259 e. The van der Waals surface area contributed by atoms with Crippen LogP contribution in [0.4, 0.5) is 11.4 Å². The molecular formula is C13H12BrN3O2. The summed E-state index contributed by atoms with van der Waals surface area (Å²) < 4.78 is 5.88. The number of hydrogen-bond donors (Lipinski definition) is 2. The van der Waals surface area contributed by atoms with Gasteiger partial charge in [0.25, 0.3) is 5.91 Å². The Hall–Kier alpha value is -2.08. The van der Waals surface area contributed by atoms with Crippen LogP contribution in [0.5, 0.6) is 5.75 Å². The number of anilines is 2. The molecule has 0 aliphatic rings. The van der Waals surface area contributed by atoms with Gasteiger partial charge in [-0.1, -0.05) is 0 Å². The van der Waals surface area contributed by atoms with Crippen molar-refractivity contribution in [3.63, 3.8) is 0 Å². The highest BCUT2D eigenvalue weighted by Gasteiger charge is 2.12. The second kappa shape index (κ2) is 5.71. The molecule has 0 atom stereocenters. The first kappa shape index (κ1) is 13.4. The van der Waals surface area contributed by atoms with E-state index in [9.17, 15) is 4.79 Å². The van der Waals surface area contributed by atoms with Crippen molar-refractivity contribution in [1.82, 2.24) is 4.98 Å². The summed E-state index contributed by atoms with van der Waals surface area (Å²) in [4.78, 5) is 16.0. The molecule has 1 aromatic heterocycles. The maximum absolute atomic E-state index is 12.1. The molecule has 1 heterocycles. The summed E-state index contributed by atoms with van der Waals surface area (Å²) in [6.07, 6.45) is 3.03. The summed E-state index contributed by atoms with van der Waals surface area (Å²) in [6.45, 7) is 0. The SMILES string of the molecule is COc1cnccc1C(=O)Nc1ccc(Br)c(N)c1. The van der Waals surface area contributed by atoms with Gasteiger partial charge < -0.3 is 15.8 Å². The second-order valence-corrected chi connectivity index (χ2v) is 4.62. The van der Waals surface area contributed by atoms with E-state index in [4.69, 9.17) is 10.5 Å². The Morgan fingerprint density at radius 2 is 2.21 bits per heavy atom. The average molecular weight is 322 g/mol. The molecule has 0 spiro atoms. The Balaban J connectivity index is 2.23. The molecule has 1 aromatic carbocycles. The van der Waals surface area contributed by atoms with Crippen LogP contribution in [0.25, 0.3) is 0 Å². The molecule has 0 bridgehead atoms. The quantitative estimate of drug-likeness (QED) is 0.852. The number of rotatable bonds is 3. The molecule has 1 amide bonds. The van der Waals surface area contributed by atoms with Crippen LogP contribution in [-0.4, -0.2) is 18.0 Å². The largest absolute Gasteiger partial charge is 0.494 e. The molecule has 0 radical (unpaired) electrons. The van der Waals surface area contributed by atoms with E-state index in [0.29, 0.717) is 22.7 Å². The number of carbonyl (C=O) groups excluding carboxylic acids is 1. The third-order valence-corrected chi connectivity index (χ3v) is 3.23. The Labute approximate surface area is 118 Å². The zero-order valence-corrected chi connectivity index (χ0v) is 11.8. The van der Waals surface area contributed by atoms with Crippen LogP contribution in [-0.2, 0) is 0 Å². The van der Waals surface area contributed by atoms with Gasteiger partial charge in [-0.05, 0) is 40.2 Å². The maximum atomic E-state index is 12.1. The van der Waals surface area contributed by atoms with Gasteiger partial charge in [-0.25, -0.2) is 0 Å². The van der Waals surface area contributed by atoms with E-state index in [0.717, 1.165) is 4.47 Å². The lowest BCUT2D eigenvalue weighted by Crippen LogP contribution is -2.13. The summed E-state index contributed by atoms with van der Waals surface area (Å²) in [5.41, 5.74) is 7.34. The normalized spacial score (nSPS) is 10.0. The van der Waals surface area contributed by atoms with E-state index >= 15 is 0 Å². The van der Waals surface area contributed by atoms with E-state index in [2.05, 4.69) is 26.2 Å². The summed E-state index contributed by atoms with van der Waals surface area (Å²) >= 11 is 3.30. The lowest BCUT2D eigenvalue weighted by molar-refractivity contribution is 0.102. The molecule has 0 fully saturated rings. The number of halogens is 1. The molecular weight excluding hydrogens is 310 g/mol. The first-order valence-corrected chi connectivity index (χ1v) is 6.25. The number of pyridine rings is 1. The number of nitrogen functional groups attached to an aromatic ring is 1. The highest BCUT2D eigenvalue weighted by Crippen LogP contribution is 2.24. The third-order valence-electron chi connectivity index (χ3n) is 2.50. The number of methoxy groups -OCH3 is 1. The van der Waals surface area contributed by atoms with E-state index in [1.54, 1.807) is 24.3 Å². The van der Waals surface area contributed by atoms with E-state index in [-0.39, 0.29) is 5.91 Å². The van der Waals surface area contributed by atoms with Crippen LogP contribution >= 0.6 is 15.9 Å². The molecule has 0 aliphatic carbocycles. The van der Waals surface area contributed by atoms with Crippen molar-refractivity contribution in [2.75, 3.05) is 18.2 Å². The molecule has 0 saturated heterocycles. The van der Waals surface area contributed by atoms with Gasteiger partial charge in [0.05, 0.1) is 18.9 Å². The molecule has 6 heteroatoms. The second-order valence-electron chi connectivity index (χ2n) is 3.77. The van der Waals surface area contributed by atoms with Gasteiger partial charge in [-0.15, -0.1) is 0 Å². The summed E-state index contributed by atoms with van der Waals surface area (Å²) in [6, 6.07) is 6.80. The highest BCUT2D eigenvalue weighted by atomic mass is 79.9. The van der Waals surface area contributed by atoms with Crippen molar-refractivity contribution in [1.29, 1.82) is 0 Å². The van der Waals surface area contributed by atoms with Gasteiger partial charge >= 0.3 is 0 Å². The Morgan fingerprint density at radius 1 is 1.42 bits per heavy atom. The first-order chi connectivity index (χ1) is 9.11. The third kappa shape index (κ3) is 3.03. The number of nitrogens with one attached hydrogen (secondary N) is 1. The van der Waals surface area contributed by atoms with Crippen molar-refractivity contribution in [2.45, 2.75) is 0 Å². The fourth-order valence-corrected chi connectivity index (χ4v) is 1.80. The van der Waals surface area contributed by atoms with Crippen molar-refractivity contribution in [2.24, 2.45) is 0 Å². The topological polar surface area (TPSA) is 77.2 Å².